The lowest BCUT2D eigenvalue weighted by Gasteiger charge is -2.07. The van der Waals surface area contributed by atoms with Gasteiger partial charge in [0.25, 0.3) is 0 Å². The molecule has 6 nitrogen and oxygen atoms in total. The van der Waals surface area contributed by atoms with Gasteiger partial charge < -0.3 is 10.4 Å². The summed E-state index contributed by atoms with van der Waals surface area (Å²) in [7, 11) is 0. The van der Waals surface area contributed by atoms with E-state index >= 15 is 0 Å². The van der Waals surface area contributed by atoms with Gasteiger partial charge in [0, 0.05) is 15.4 Å². The summed E-state index contributed by atoms with van der Waals surface area (Å²) in [4.78, 5) is 34.6. The molecule has 1 aromatic carbocycles. The first-order valence-corrected chi connectivity index (χ1v) is 7.99. The van der Waals surface area contributed by atoms with Crippen LogP contribution in [-0.4, -0.2) is 34.8 Å². The fourth-order valence-corrected chi connectivity index (χ4v) is 2.94. The van der Waals surface area contributed by atoms with Crippen LogP contribution in [0.4, 0.5) is 4.79 Å². The molecular formula is C13H13BrN2O4S. The normalized spacial score (nSPS) is 13.6. The third kappa shape index (κ3) is 5.05. The van der Waals surface area contributed by atoms with E-state index in [2.05, 4.69) is 26.6 Å². The van der Waals surface area contributed by atoms with Crippen LogP contribution < -0.4 is 10.6 Å². The SMILES string of the molecule is O=C(CSc1cc(Br)ccc1C(=O)O)NC(=O)NC1CC1. The number of urea groups is 1. The molecule has 1 aliphatic rings. The topological polar surface area (TPSA) is 95.5 Å². The van der Waals surface area contributed by atoms with Crippen molar-refractivity contribution in [2.45, 2.75) is 23.8 Å². The first kappa shape index (κ1) is 15.8. The zero-order valence-corrected chi connectivity index (χ0v) is 13.3. The standard InChI is InChI=1S/C13H13BrN2O4S/c14-7-1-4-9(12(18)19)10(5-7)21-6-11(17)16-13(20)15-8-2-3-8/h1,4-5,8H,2-3,6H2,(H,18,19)(H2,15,16,17,20). The van der Waals surface area contributed by atoms with E-state index in [1.807, 2.05) is 0 Å². The second-order valence-corrected chi connectivity index (χ2v) is 6.46. The van der Waals surface area contributed by atoms with Crippen LogP contribution in [0.2, 0.25) is 0 Å². The third-order valence-electron chi connectivity index (χ3n) is 2.70. The Kier molecular flexibility index (Phi) is 5.24. The van der Waals surface area contributed by atoms with Crippen molar-refractivity contribution < 1.29 is 19.5 Å². The minimum Gasteiger partial charge on any atom is -0.478 e. The second kappa shape index (κ2) is 6.95. The Labute approximate surface area is 133 Å². The van der Waals surface area contributed by atoms with Crippen molar-refractivity contribution in [1.29, 1.82) is 0 Å². The number of carbonyl (C=O) groups excluding carboxylic acids is 2. The molecular weight excluding hydrogens is 360 g/mol. The first-order chi connectivity index (χ1) is 9.95. The smallest absolute Gasteiger partial charge is 0.336 e. The zero-order valence-electron chi connectivity index (χ0n) is 10.9. The molecule has 8 heteroatoms. The van der Waals surface area contributed by atoms with E-state index in [0.29, 0.717) is 4.90 Å². The highest BCUT2D eigenvalue weighted by Gasteiger charge is 2.24. The van der Waals surface area contributed by atoms with Crippen LogP contribution in [0.15, 0.2) is 27.6 Å². The van der Waals surface area contributed by atoms with Gasteiger partial charge >= 0.3 is 12.0 Å². The highest BCUT2D eigenvalue weighted by molar-refractivity contribution is 9.10. The summed E-state index contributed by atoms with van der Waals surface area (Å²) in [6.45, 7) is 0. The van der Waals surface area contributed by atoms with E-state index in [1.54, 1.807) is 12.1 Å². The van der Waals surface area contributed by atoms with Crippen molar-refractivity contribution in [3.8, 4) is 0 Å². The van der Waals surface area contributed by atoms with Crippen LogP contribution in [0.1, 0.15) is 23.2 Å². The maximum atomic E-state index is 11.6. The molecule has 112 valence electrons. The fraction of sp³-hybridized carbons (Fsp3) is 0.308. The van der Waals surface area contributed by atoms with Gasteiger partial charge in [0.15, 0.2) is 0 Å². The Hall–Kier alpha value is -1.54. The first-order valence-electron chi connectivity index (χ1n) is 6.21. The van der Waals surface area contributed by atoms with E-state index in [4.69, 9.17) is 5.11 Å². The average molecular weight is 373 g/mol. The van der Waals surface area contributed by atoms with Gasteiger partial charge in [-0.05, 0) is 31.0 Å². The summed E-state index contributed by atoms with van der Waals surface area (Å²) in [5.41, 5.74) is 0.124. The van der Waals surface area contributed by atoms with Gasteiger partial charge in [-0.25, -0.2) is 9.59 Å². The molecule has 0 spiro atoms. The number of rotatable bonds is 5. The van der Waals surface area contributed by atoms with Crippen molar-refractivity contribution >= 4 is 45.6 Å². The Morgan fingerprint density at radius 2 is 2.05 bits per heavy atom. The number of thioether (sulfide) groups is 1. The van der Waals surface area contributed by atoms with Crippen LogP contribution >= 0.6 is 27.7 Å². The summed E-state index contributed by atoms with van der Waals surface area (Å²) in [5, 5.41) is 13.9. The lowest BCUT2D eigenvalue weighted by Crippen LogP contribution is -2.41. The van der Waals surface area contributed by atoms with Crippen LogP contribution in [0.3, 0.4) is 0 Å². The number of halogens is 1. The van der Waals surface area contributed by atoms with Crippen molar-refractivity contribution in [2.75, 3.05) is 5.75 Å². The number of carbonyl (C=O) groups is 3. The summed E-state index contributed by atoms with van der Waals surface area (Å²) in [6, 6.07) is 4.39. The lowest BCUT2D eigenvalue weighted by molar-refractivity contribution is -0.117. The minimum absolute atomic E-state index is 0.0329. The van der Waals surface area contributed by atoms with Crippen molar-refractivity contribution in [3.05, 3.63) is 28.2 Å². The second-order valence-electron chi connectivity index (χ2n) is 4.53. The lowest BCUT2D eigenvalue weighted by atomic mass is 10.2. The fourth-order valence-electron chi connectivity index (χ4n) is 1.55. The summed E-state index contributed by atoms with van der Waals surface area (Å²) >= 11 is 4.33. The molecule has 0 heterocycles. The van der Waals surface area contributed by atoms with Gasteiger partial charge in [0.1, 0.15) is 0 Å². The van der Waals surface area contributed by atoms with Gasteiger partial charge in [-0.1, -0.05) is 15.9 Å². The largest absolute Gasteiger partial charge is 0.478 e. The number of imide groups is 1. The predicted octanol–water partition coefficient (Wildman–Crippen LogP) is 2.23. The highest BCUT2D eigenvalue weighted by atomic mass is 79.9. The molecule has 0 aliphatic heterocycles. The summed E-state index contributed by atoms with van der Waals surface area (Å²) in [6.07, 6.45) is 1.88. The molecule has 1 saturated carbocycles. The Balaban J connectivity index is 1.89. The molecule has 0 unspecified atom stereocenters. The minimum atomic E-state index is -1.06. The molecule has 1 aliphatic carbocycles. The quantitative estimate of drug-likeness (QED) is 0.688. The molecule has 0 atom stereocenters. The molecule has 21 heavy (non-hydrogen) atoms. The highest BCUT2D eigenvalue weighted by Crippen LogP contribution is 2.26. The van der Waals surface area contributed by atoms with E-state index in [0.717, 1.165) is 29.1 Å². The third-order valence-corrected chi connectivity index (χ3v) is 4.25. The maximum absolute atomic E-state index is 11.6. The van der Waals surface area contributed by atoms with E-state index in [1.165, 1.54) is 6.07 Å². The van der Waals surface area contributed by atoms with Gasteiger partial charge in [-0.2, -0.15) is 0 Å². The molecule has 0 bridgehead atoms. The van der Waals surface area contributed by atoms with Gasteiger partial charge in [-0.15, -0.1) is 11.8 Å². The number of carboxylic acids is 1. The van der Waals surface area contributed by atoms with E-state index < -0.39 is 17.9 Å². The molecule has 0 saturated heterocycles. The number of hydrogen-bond acceptors (Lipinski definition) is 4. The number of amides is 3. The number of aromatic carboxylic acids is 1. The predicted molar refractivity (Wildman–Crippen MR) is 81.5 cm³/mol. The number of carboxylic acid groups (broad SMARTS) is 1. The average Bonchev–Trinajstić information content (AvgIpc) is 3.19. The monoisotopic (exact) mass is 372 g/mol. The number of benzene rings is 1. The van der Waals surface area contributed by atoms with Crippen LogP contribution in [0.5, 0.6) is 0 Å². The molecule has 0 radical (unpaired) electrons. The molecule has 0 aromatic heterocycles. The van der Waals surface area contributed by atoms with Gasteiger partial charge in [-0.3, -0.25) is 10.1 Å². The molecule has 3 amide bonds. The van der Waals surface area contributed by atoms with Crippen molar-refractivity contribution in [1.82, 2.24) is 10.6 Å². The van der Waals surface area contributed by atoms with Crippen LogP contribution in [0.25, 0.3) is 0 Å². The molecule has 2 rings (SSSR count). The molecule has 1 fully saturated rings. The number of hydrogen-bond donors (Lipinski definition) is 3. The number of nitrogens with one attached hydrogen (secondary N) is 2. The van der Waals surface area contributed by atoms with E-state index in [9.17, 15) is 14.4 Å². The Morgan fingerprint density at radius 1 is 1.33 bits per heavy atom. The van der Waals surface area contributed by atoms with Crippen LogP contribution in [0, 0.1) is 0 Å². The molecule has 3 N–H and O–H groups in total. The maximum Gasteiger partial charge on any atom is 0.336 e. The Morgan fingerprint density at radius 3 is 2.67 bits per heavy atom. The van der Waals surface area contributed by atoms with Crippen molar-refractivity contribution in [2.24, 2.45) is 0 Å². The van der Waals surface area contributed by atoms with Gasteiger partial charge in [0.2, 0.25) is 5.91 Å². The summed E-state index contributed by atoms with van der Waals surface area (Å²) in [5.74, 6) is -1.55. The van der Waals surface area contributed by atoms with Crippen molar-refractivity contribution in [3.63, 3.8) is 0 Å². The van der Waals surface area contributed by atoms with Gasteiger partial charge in [0.05, 0.1) is 11.3 Å². The van der Waals surface area contributed by atoms with Crippen LogP contribution in [-0.2, 0) is 4.79 Å². The summed E-state index contributed by atoms with van der Waals surface area (Å²) < 4.78 is 0.724. The van der Waals surface area contributed by atoms with E-state index in [-0.39, 0.29) is 17.4 Å². The zero-order chi connectivity index (χ0) is 15.4. The Bertz CT molecular complexity index is 590. The molecule has 1 aromatic rings.